The van der Waals surface area contributed by atoms with Crippen molar-refractivity contribution in [2.75, 3.05) is 26.7 Å². The summed E-state index contributed by atoms with van der Waals surface area (Å²) in [5.41, 5.74) is 0. The van der Waals surface area contributed by atoms with Gasteiger partial charge in [-0.1, -0.05) is 27.2 Å². The first-order chi connectivity index (χ1) is 7.17. The van der Waals surface area contributed by atoms with Crippen LogP contribution in [0.4, 0.5) is 0 Å². The van der Waals surface area contributed by atoms with Crippen LogP contribution in [0, 0.1) is 11.8 Å². The standard InChI is InChI=1S/C13H28N2/c1-5-6-13(14-4)10-15-8-7-11(2)12(3)9-15/h11-14H,5-10H2,1-4H3. The van der Waals surface area contributed by atoms with E-state index < -0.39 is 0 Å². The Hall–Kier alpha value is -0.0800. The monoisotopic (exact) mass is 212 g/mol. The zero-order valence-electron chi connectivity index (χ0n) is 10.9. The third-order valence-electron chi connectivity index (χ3n) is 3.94. The van der Waals surface area contributed by atoms with E-state index in [2.05, 4.69) is 38.0 Å². The van der Waals surface area contributed by atoms with Gasteiger partial charge in [0.05, 0.1) is 0 Å². The summed E-state index contributed by atoms with van der Waals surface area (Å²) >= 11 is 0. The van der Waals surface area contributed by atoms with Crippen LogP contribution in [0.15, 0.2) is 0 Å². The number of rotatable bonds is 5. The van der Waals surface area contributed by atoms with Gasteiger partial charge in [-0.2, -0.15) is 0 Å². The van der Waals surface area contributed by atoms with Crippen molar-refractivity contribution < 1.29 is 0 Å². The quantitative estimate of drug-likeness (QED) is 0.752. The van der Waals surface area contributed by atoms with Gasteiger partial charge in [-0.15, -0.1) is 0 Å². The van der Waals surface area contributed by atoms with Crippen molar-refractivity contribution in [1.82, 2.24) is 10.2 Å². The summed E-state index contributed by atoms with van der Waals surface area (Å²) < 4.78 is 0. The van der Waals surface area contributed by atoms with Crippen LogP contribution in [0.5, 0.6) is 0 Å². The maximum Gasteiger partial charge on any atom is 0.0191 e. The Morgan fingerprint density at radius 2 is 2.07 bits per heavy atom. The first kappa shape index (κ1) is 13.0. The third kappa shape index (κ3) is 4.12. The molecule has 0 bridgehead atoms. The number of nitrogens with one attached hydrogen (secondary N) is 1. The average molecular weight is 212 g/mol. The second-order valence-electron chi connectivity index (χ2n) is 5.28. The van der Waals surface area contributed by atoms with E-state index >= 15 is 0 Å². The molecule has 15 heavy (non-hydrogen) atoms. The van der Waals surface area contributed by atoms with Crippen LogP contribution in [-0.4, -0.2) is 37.6 Å². The van der Waals surface area contributed by atoms with E-state index in [9.17, 15) is 0 Å². The Balaban J connectivity index is 2.31. The lowest BCUT2D eigenvalue weighted by atomic mass is 9.88. The molecule has 0 amide bonds. The lowest BCUT2D eigenvalue weighted by Crippen LogP contribution is -2.45. The highest BCUT2D eigenvalue weighted by Gasteiger charge is 2.23. The van der Waals surface area contributed by atoms with Gasteiger partial charge in [-0.05, 0) is 38.3 Å². The summed E-state index contributed by atoms with van der Waals surface area (Å²) in [6, 6.07) is 0.690. The van der Waals surface area contributed by atoms with Crippen molar-refractivity contribution in [3.05, 3.63) is 0 Å². The van der Waals surface area contributed by atoms with Crippen LogP contribution in [0.3, 0.4) is 0 Å². The Morgan fingerprint density at radius 3 is 2.60 bits per heavy atom. The van der Waals surface area contributed by atoms with Crippen LogP contribution in [0.25, 0.3) is 0 Å². The van der Waals surface area contributed by atoms with E-state index in [1.165, 1.54) is 38.9 Å². The molecular weight excluding hydrogens is 184 g/mol. The Morgan fingerprint density at radius 1 is 1.33 bits per heavy atom. The highest BCUT2D eigenvalue weighted by Crippen LogP contribution is 2.22. The normalized spacial score (nSPS) is 30.4. The molecule has 1 heterocycles. The number of likely N-dealkylation sites (tertiary alicyclic amines) is 1. The molecule has 0 radical (unpaired) electrons. The molecule has 2 nitrogen and oxygen atoms in total. The molecule has 1 rings (SSSR count). The summed E-state index contributed by atoms with van der Waals surface area (Å²) in [7, 11) is 2.09. The highest BCUT2D eigenvalue weighted by atomic mass is 15.2. The van der Waals surface area contributed by atoms with Crippen LogP contribution in [0.2, 0.25) is 0 Å². The zero-order valence-corrected chi connectivity index (χ0v) is 10.9. The summed E-state index contributed by atoms with van der Waals surface area (Å²) in [5.74, 6) is 1.79. The number of piperidine rings is 1. The fraction of sp³-hybridized carbons (Fsp3) is 1.00. The van der Waals surface area contributed by atoms with E-state index in [1.54, 1.807) is 0 Å². The minimum atomic E-state index is 0.690. The van der Waals surface area contributed by atoms with Gasteiger partial charge in [-0.3, -0.25) is 0 Å². The number of nitrogens with zero attached hydrogens (tertiary/aromatic N) is 1. The Labute approximate surface area is 95.4 Å². The molecule has 0 aromatic carbocycles. The second-order valence-corrected chi connectivity index (χ2v) is 5.28. The van der Waals surface area contributed by atoms with E-state index in [0.717, 1.165) is 11.8 Å². The molecule has 0 aliphatic carbocycles. The molecule has 3 atom stereocenters. The molecule has 1 aliphatic heterocycles. The van der Waals surface area contributed by atoms with Crippen molar-refractivity contribution in [1.29, 1.82) is 0 Å². The van der Waals surface area contributed by atoms with Crippen LogP contribution < -0.4 is 5.32 Å². The summed E-state index contributed by atoms with van der Waals surface area (Å²) in [5, 5.41) is 3.43. The van der Waals surface area contributed by atoms with Gasteiger partial charge in [0.15, 0.2) is 0 Å². The summed E-state index contributed by atoms with van der Waals surface area (Å²) in [4.78, 5) is 2.64. The van der Waals surface area contributed by atoms with Crippen molar-refractivity contribution in [2.45, 2.75) is 46.1 Å². The predicted molar refractivity (Wildman–Crippen MR) is 67.1 cm³/mol. The minimum absolute atomic E-state index is 0.690. The minimum Gasteiger partial charge on any atom is -0.316 e. The van der Waals surface area contributed by atoms with Gasteiger partial charge in [0.25, 0.3) is 0 Å². The van der Waals surface area contributed by atoms with Crippen LogP contribution in [-0.2, 0) is 0 Å². The van der Waals surface area contributed by atoms with E-state index in [4.69, 9.17) is 0 Å². The first-order valence-corrected chi connectivity index (χ1v) is 6.57. The number of hydrogen-bond donors (Lipinski definition) is 1. The van der Waals surface area contributed by atoms with Crippen LogP contribution >= 0.6 is 0 Å². The average Bonchev–Trinajstić information content (AvgIpc) is 2.23. The van der Waals surface area contributed by atoms with Gasteiger partial charge < -0.3 is 10.2 Å². The molecule has 0 saturated carbocycles. The topological polar surface area (TPSA) is 15.3 Å². The van der Waals surface area contributed by atoms with Gasteiger partial charge in [-0.25, -0.2) is 0 Å². The van der Waals surface area contributed by atoms with E-state index in [1.807, 2.05) is 0 Å². The number of likely N-dealkylation sites (N-methyl/N-ethyl adjacent to an activating group) is 1. The third-order valence-corrected chi connectivity index (χ3v) is 3.94. The Bertz CT molecular complexity index is 170. The van der Waals surface area contributed by atoms with E-state index in [0.29, 0.717) is 6.04 Å². The Kier molecular flexibility index (Phi) is 5.62. The fourth-order valence-electron chi connectivity index (χ4n) is 2.50. The molecular formula is C13H28N2. The van der Waals surface area contributed by atoms with Crippen molar-refractivity contribution in [3.8, 4) is 0 Å². The molecule has 1 saturated heterocycles. The first-order valence-electron chi connectivity index (χ1n) is 6.57. The lowest BCUT2D eigenvalue weighted by Gasteiger charge is -2.37. The molecule has 0 spiro atoms. The van der Waals surface area contributed by atoms with Gasteiger partial charge in [0.1, 0.15) is 0 Å². The SMILES string of the molecule is CCCC(CN1CCC(C)C(C)C1)NC. The smallest absolute Gasteiger partial charge is 0.0191 e. The molecule has 90 valence electrons. The molecule has 1 aliphatic rings. The van der Waals surface area contributed by atoms with Gasteiger partial charge in [0.2, 0.25) is 0 Å². The molecule has 1 N–H and O–H groups in total. The van der Waals surface area contributed by atoms with Crippen molar-refractivity contribution in [3.63, 3.8) is 0 Å². The zero-order chi connectivity index (χ0) is 11.3. The molecule has 2 heteroatoms. The van der Waals surface area contributed by atoms with Crippen molar-refractivity contribution in [2.24, 2.45) is 11.8 Å². The summed E-state index contributed by atoms with van der Waals surface area (Å²) in [6.45, 7) is 10.9. The molecule has 1 fully saturated rings. The van der Waals surface area contributed by atoms with Crippen molar-refractivity contribution >= 4 is 0 Å². The molecule has 3 unspecified atom stereocenters. The molecule has 0 aromatic heterocycles. The fourth-order valence-corrected chi connectivity index (χ4v) is 2.50. The largest absolute Gasteiger partial charge is 0.316 e. The maximum absolute atomic E-state index is 3.43. The molecule has 0 aromatic rings. The highest BCUT2D eigenvalue weighted by molar-refractivity contribution is 4.78. The number of hydrogen-bond acceptors (Lipinski definition) is 2. The summed E-state index contributed by atoms with van der Waals surface area (Å²) in [6.07, 6.45) is 3.96. The van der Waals surface area contributed by atoms with Gasteiger partial charge >= 0.3 is 0 Å². The predicted octanol–water partition coefficient (Wildman–Crippen LogP) is 2.35. The lowest BCUT2D eigenvalue weighted by molar-refractivity contribution is 0.126. The second kappa shape index (κ2) is 6.49. The van der Waals surface area contributed by atoms with Crippen LogP contribution in [0.1, 0.15) is 40.0 Å². The maximum atomic E-state index is 3.43. The van der Waals surface area contributed by atoms with Gasteiger partial charge in [0, 0.05) is 19.1 Å². The van der Waals surface area contributed by atoms with E-state index in [-0.39, 0.29) is 0 Å².